The highest BCUT2D eigenvalue weighted by Gasteiger charge is 2.29. The summed E-state index contributed by atoms with van der Waals surface area (Å²) in [5, 5.41) is 9.88. The van der Waals surface area contributed by atoms with Gasteiger partial charge in [-0.15, -0.1) is 11.3 Å². The number of ether oxygens (including phenoxy) is 2. The lowest BCUT2D eigenvalue weighted by Crippen LogP contribution is -2.42. The number of methoxy groups -OCH3 is 1. The molecule has 2 aliphatic rings. The van der Waals surface area contributed by atoms with Gasteiger partial charge in [-0.1, -0.05) is 13.2 Å². The van der Waals surface area contributed by atoms with E-state index >= 15 is 0 Å². The predicted octanol–water partition coefficient (Wildman–Crippen LogP) is 0.311. The van der Waals surface area contributed by atoms with Crippen molar-refractivity contribution in [1.82, 2.24) is 20.9 Å². The molecule has 11 nitrogen and oxygen atoms in total. The first-order chi connectivity index (χ1) is 15.8. The summed E-state index contributed by atoms with van der Waals surface area (Å²) >= 11 is 1.30. The number of thiazole rings is 1. The topological polar surface area (TPSA) is 139 Å². The molecule has 2 aliphatic heterocycles. The zero-order chi connectivity index (χ0) is 24.0. The molecule has 3 rings (SSSR count). The largest absolute Gasteiger partial charge is 0.464 e. The maximum Gasteiger partial charge on any atom is 0.353 e. The van der Waals surface area contributed by atoms with Crippen LogP contribution in [-0.4, -0.2) is 68.1 Å². The lowest BCUT2D eigenvalue weighted by Gasteiger charge is -2.23. The molecule has 2 fully saturated rings. The first kappa shape index (κ1) is 24.4. The van der Waals surface area contributed by atoms with Gasteiger partial charge in [0.25, 0.3) is 11.8 Å². The van der Waals surface area contributed by atoms with Crippen molar-refractivity contribution < 1.29 is 28.7 Å². The van der Waals surface area contributed by atoms with Gasteiger partial charge in [-0.2, -0.15) is 0 Å². The molecule has 1 atom stereocenters. The summed E-state index contributed by atoms with van der Waals surface area (Å²) in [6, 6.07) is 0.0212. The average molecular weight is 478 g/mol. The Hall–Kier alpha value is -3.25. The van der Waals surface area contributed by atoms with Crippen LogP contribution in [-0.2, 0) is 23.9 Å². The highest BCUT2D eigenvalue weighted by molar-refractivity contribution is 7.13. The van der Waals surface area contributed by atoms with E-state index in [2.05, 4.69) is 38.8 Å². The lowest BCUT2D eigenvalue weighted by molar-refractivity contribution is -0.137. The van der Waals surface area contributed by atoms with Gasteiger partial charge in [0, 0.05) is 43.6 Å². The highest BCUT2D eigenvalue weighted by Crippen LogP contribution is 2.25. The van der Waals surface area contributed by atoms with Crippen LogP contribution in [0.3, 0.4) is 0 Å². The van der Waals surface area contributed by atoms with Crippen LogP contribution in [0.4, 0.5) is 5.13 Å². The molecular weight excluding hydrogens is 450 g/mol. The van der Waals surface area contributed by atoms with E-state index in [9.17, 15) is 19.2 Å². The third kappa shape index (κ3) is 6.39. The van der Waals surface area contributed by atoms with E-state index in [1.807, 2.05) is 4.90 Å². The zero-order valence-electron chi connectivity index (χ0n) is 18.3. The molecule has 1 aromatic heterocycles. The summed E-state index contributed by atoms with van der Waals surface area (Å²) in [5.41, 5.74) is -0.413. The third-order valence-corrected chi connectivity index (χ3v) is 6.26. The van der Waals surface area contributed by atoms with Crippen molar-refractivity contribution in [3.05, 3.63) is 35.6 Å². The summed E-state index contributed by atoms with van der Waals surface area (Å²) in [6.45, 7) is 9.42. The molecule has 3 heterocycles. The van der Waals surface area contributed by atoms with Crippen molar-refractivity contribution in [2.75, 3.05) is 38.3 Å². The summed E-state index contributed by atoms with van der Waals surface area (Å²) in [4.78, 5) is 54.6. The first-order valence-electron chi connectivity index (χ1n) is 10.5. The first-order valence-corrected chi connectivity index (χ1v) is 11.3. The van der Waals surface area contributed by atoms with Crippen molar-refractivity contribution in [1.29, 1.82) is 0 Å². The van der Waals surface area contributed by atoms with Crippen LogP contribution in [0, 0.1) is 5.92 Å². The Morgan fingerprint density at radius 2 is 1.88 bits per heavy atom. The van der Waals surface area contributed by atoms with Gasteiger partial charge in [0.2, 0.25) is 5.91 Å². The van der Waals surface area contributed by atoms with Crippen molar-refractivity contribution in [2.45, 2.75) is 25.3 Å². The minimum atomic E-state index is -0.806. The molecule has 0 saturated carbocycles. The lowest BCUT2D eigenvalue weighted by atomic mass is 9.99. The molecule has 12 heteroatoms. The Morgan fingerprint density at radius 1 is 1.15 bits per heavy atom. The maximum atomic E-state index is 12.4. The summed E-state index contributed by atoms with van der Waals surface area (Å²) in [7, 11) is 1.15. The number of hydrogen-bond acceptors (Lipinski definition) is 9. The molecule has 0 bridgehead atoms. The van der Waals surface area contributed by atoms with Gasteiger partial charge >= 0.3 is 5.97 Å². The molecule has 1 aromatic rings. The Kier molecular flexibility index (Phi) is 8.17. The van der Waals surface area contributed by atoms with E-state index in [0.29, 0.717) is 31.4 Å². The molecule has 33 heavy (non-hydrogen) atoms. The second kappa shape index (κ2) is 11.1. The van der Waals surface area contributed by atoms with Crippen LogP contribution >= 0.6 is 11.3 Å². The molecule has 3 amide bonds. The minimum absolute atomic E-state index is 0.00181. The van der Waals surface area contributed by atoms with E-state index in [-0.39, 0.29) is 35.0 Å². The van der Waals surface area contributed by atoms with Crippen molar-refractivity contribution >= 4 is 40.2 Å². The number of anilines is 1. The Balaban J connectivity index is 1.49. The number of carbonyl (C=O) groups is 4. The molecule has 2 saturated heterocycles. The van der Waals surface area contributed by atoms with Gasteiger partial charge in [-0.25, -0.2) is 9.78 Å². The van der Waals surface area contributed by atoms with Crippen LogP contribution < -0.4 is 20.9 Å². The number of amides is 3. The number of nitrogens with one attached hydrogen (secondary N) is 3. The molecule has 3 N–H and O–H groups in total. The minimum Gasteiger partial charge on any atom is -0.464 e. The summed E-state index contributed by atoms with van der Waals surface area (Å²) < 4.78 is 9.75. The summed E-state index contributed by atoms with van der Waals surface area (Å²) in [5.74, 6) is -2.14. The van der Waals surface area contributed by atoms with Crippen LogP contribution in [0.5, 0.6) is 0 Å². The van der Waals surface area contributed by atoms with E-state index < -0.39 is 17.8 Å². The summed E-state index contributed by atoms with van der Waals surface area (Å²) in [6.07, 6.45) is 2.28. The Morgan fingerprint density at radius 3 is 2.58 bits per heavy atom. The van der Waals surface area contributed by atoms with Crippen LogP contribution in [0.2, 0.25) is 0 Å². The van der Waals surface area contributed by atoms with E-state index in [4.69, 9.17) is 4.74 Å². The fourth-order valence-corrected chi connectivity index (χ4v) is 4.33. The van der Waals surface area contributed by atoms with E-state index in [1.54, 1.807) is 5.38 Å². The molecule has 0 aromatic carbocycles. The normalized spacial score (nSPS) is 18.3. The van der Waals surface area contributed by atoms with Gasteiger partial charge in [-0.05, 0) is 19.3 Å². The highest BCUT2D eigenvalue weighted by atomic mass is 32.1. The number of rotatable bonds is 8. The molecule has 0 unspecified atom stereocenters. The van der Waals surface area contributed by atoms with Crippen LogP contribution in [0.25, 0.3) is 0 Å². The second-order valence-electron chi connectivity index (χ2n) is 7.70. The molecular formula is C21H27N5O6S. The second-order valence-corrected chi connectivity index (χ2v) is 8.54. The molecule has 0 spiro atoms. The fraction of sp³-hybridized carbons (Fsp3) is 0.476. The number of nitrogens with zero attached hydrogens (tertiary/aromatic N) is 2. The Bertz CT molecular complexity index is 955. The zero-order valence-corrected chi connectivity index (χ0v) is 19.2. The monoisotopic (exact) mass is 477 g/mol. The van der Waals surface area contributed by atoms with Crippen molar-refractivity contribution in [3.63, 3.8) is 0 Å². The van der Waals surface area contributed by atoms with Crippen molar-refractivity contribution in [2.24, 2.45) is 5.92 Å². The fourth-order valence-electron chi connectivity index (χ4n) is 3.49. The number of carbonyl (C=O) groups excluding carboxylic acids is 4. The van der Waals surface area contributed by atoms with Gasteiger partial charge in [-0.3, -0.25) is 14.4 Å². The third-order valence-electron chi connectivity index (χ3n) is 5.36. The number of esters is 1. The quantitative estimate of drug-likeness (QED) is 0.359. The maximum absolute atomic E-state index is 12.4. The standard InChI is InChI=1S/C21H27N5O6S/c1-12(17(27)23-13(2)20(30)31-3)22-19(29)16-11-33-21(25-16)26-7-4-15(10-26)24-18(28)14-5-8-32-9-6-14/h11,14-15H,1-2,4-10H2,3H3,(H,22,29)(H,23,27)(H,24,28)/t15-/m1/s1. The average Bonchev–Trinajstić information content (AvgIpc) is 3.48. The molecule has 178 valence electrons. The van der Waals surface area contributed by atoms with Crippen LogP contribution in [0.15, 0.2) is 29.9 Å². The number of hydrogen-bond donors (Lipinski definition) is 3. The van der Waals surface area contributed by atoms with Gasteiger partial charge in [0.1, 0.15) is 11.4 Å². The van der Waals surface area contributed by atoms with Gasteiger partial charge in [0.05, 0.1) is 12.8 Å². The van der Waals surface area contributed by atoms with Crippen molar-refractivity contribution in [3.8, 4) is 0 Å². The Labute approximate surface area is 195 Å². The van der Waals surface area contributed by atoms with Gasteiger partial charge < -0.3 is 30.3 Å². The van der Waals surface area contributed by atoms with E-state index in [0.717, 1.165) is 26.4 Å². The molecule has 0 aliphatic carbocycles. The smallest absolute Gasteiger partial charge is 0.353 e. The molecule has 0 radical (unpaired) electrons. The SMILES string of the molecule is C=C(NC(=O)c1csc(N2CC[C@@H](NC(=O)C3CCOCC3)C2)n1)C(=O)NC(=C)C(=O)OC. The van der Waals surface area contributed by atoms with Crippen LogP contribution in [0.1, 0.15) is 29.8 Å². The number of aromatic nitrogens is 1. The predicted molar refractivity (Wildman–Crippen MR) is 120 cm³/mol. The van der Waals surface area contributed by atoms with Gasteiger partial charge in [0.15, 0.2) is 5.13 Å². The van der Waals surface area contributed by atoms with E-state index in [1.165, 1.54) is 11.3 Å².